The molecule has 0 spiro atoms. The van der Waals surface area contributed by atoms with Gasteiger partial charge >= 0.3 is 0 Å². The van der Waals surface area contributed by atoms with Crippen molar-refractivity contribution in [2.45, 2.75) is 19.4 Å². The van der Waals surface area contributed by atoms with Gasteiger partial charge in [-0.05, 0) is 24.1 Å². The average molecular weight is 269 g/mol. The molecule has 4 nitrogen and oxygen atoms in total. The molecule has 1 heterocycles. The first-order chi connectivity index (χ1) is 9.74. The van der Waals surface area contributed by atoms with Gasteiger partial charge in [0.1, 0.15) is 5.82 Å². The van der Waals surface area contributed by atoms with Crippen molar-refractivity contribution < 1.29 is 4.79 Å². The Bertz CT molecular complexity index is 552. The smallest absolute Gasteiger partial charge is 0.253 e. The van der Waals surface area contributed by atoms with Crippen molar-refractivity contribution in [2.75, 3.05) is 12.4 Å². The Hall–Kier alpha value is -2.36. The van der Waals surface area contributed by atoms with Crippen molar-refractivity contribution in [2.24, 2.45) is 0 Å². The van der Waals surface area contributed by atoms with Gasteiger partial charge in [-0.25, -0.2) is 4.98 Å². The zero-order chi connectivity index (χ0) is 14.4. The van der Waals surface area contributed by atoms with Crippen LogP contribution in [0.25, 0.3) is 0 Å². The molecule has 1 atom stereocenters. The third-order valence-corrected chi connectivity index (χ3v) is 3.20. The highest BCUT2D eigenvalue weighted by molar-refractivity contribution is 5.94. The van der Waals surface area contributed by atoms with E-state index in [2.05, 4.69) is 22.5 Å². The normalized spacial score (nSPS) is 11.7. The lowest BCUT2D eigenvalue weighted by molar-refractivity contribution is 0.0935. The number of amides is 1. The summed E-state index contributed by atoms with van der Waals surface area (Å²) in [6.45, 7) is 2.06. The van der Waals surface area contributed by atoms with E-state index in [0.717, 1.165) is 17.8 Å². The van der Waals surface area contributed by atoms with Gasteiger partial charge in [0, 0.05) is 13.2 Å². The second-order valence-corrected chi connectivity index (χ2v) is 4.53. The van der Waals surface area contributed by atoms with Crippen molar-refractivity contribution in [3.8, 4) is 0 Å². The summed E-state index contributed by atoms with van der Waals surface area (Å²) in [5, 5.41) is 5.97. The molecule has 0 fully saturated rings. The molecule has 2 aromatic rings. The number of rotatable bonds is 5. The number of carbonyl (C=O) groups is 1. The van der Waals surface area contributed by atoms with Crippen molar-refractivity contribution in [1.82, 2.24) is 10.3 Å². The van der Waals surface area contributed by atoms with E-state index in [9.17, 15) is 4.79 Å². The van der Waals surface area contributed by atoms with E-state index in [1.165, 1.54) is 0 Å². The van der Waals surface area contributed by atoms with E-state index in [1.54, 1.807) is 25.4 Å². The molecule has 0 aliphatic rings. The van der Waals surface area contributed by atoms with Crippen molar-refractivity contribution >= 4 is 11.7 Å². The summed E-state index contributed by atoms with van der Waals surface area (Å²) in [6, 6.07) is 13.6. The van der Waals surface area contributed by atoms with E-state index in [0.29, 0.717) is 5.56 Å². The first kappa shape index (κ1) is 14.1. The molecule has 104 valence electrons. The Morgan fingerprint density at radius 3 is 2.50 bits per heavy atom. The summed E-state index contributed by atoms with van der Waals surface area (Å²) in [5.74, 6) is 0.646. The number of hydrogen-bond donors (Lipinski definition) is 2. The minimum absolute atomic E-state index is 0.0210. The molecule has 2 rings (SSSR count). The Morgan fingerprint density at radius 1 is 1.20 bits per heavy atom. The standard InChI is InChI=1S/C16H19N3O/c1-3-14(12-7-5-4-6-8-12)19-16(20)13-9-10-15(17-2)18-11-13/h4-11,14H,3H2,1-2H3,(H,17,18)(H,19,20). The first-order valence-corrected chi connectivity index (χ1v) is 6.74. The Balaban J connectivity index is 2.09. The van der Waals surface area contributed by atoms with Crippen LogP contribution in [-0.2, 0) is 0 Å². The third-order valence-electron chi connectivity index (χ3n) is 3.20. The zero-order valence-corrected chi connectivity index (χ0v) is 11.8. The lowest BCUT2D eigenvalue weighted by Gasteiger charge is -2.17. The van der Waals surface area contributed by atoms with E-state index >= 15 is 0 Å². The van der Waals surface area contributed by atoms with Gasteiger partial charge in [0.2, 0.25) is 0 Å². The van der Waals surface area contributed by atoms with Crippen LogP contribution < -0.4 is 10.6 Å². The van der Waals surface area contributed by atoms with Gasteiger partial charge in [0.05, 0.1) is 11.6 Å². The van der Waals surface area contributed by atoms with Crippen LogP contribution in [-0.4, -0.2) is 17.9 Å². The van der Waals surface area contributed by atoms with Crippen LogP contribution >= 0.6 is 0 Å². The van der Waals surface area contributed by atoms with E-state index in [4.69, 9.17) is 0 Å². The fourth-order valence-corrected chi connectivity index (χ4v) is 2.02. The van der Waals surface area contributed by atoms with Gasteiger partial charge in [-0.3, -0.25) is 4.79 Å². The Morgan fingerprint density at radius 2 is 1.95 bits per heavy atom. The summed E-state index contributed by atoms with van der Waals surface area (Å²) < 4.78 is 0. The van der Waals surface area contributed by atoms with Crippen LogP contribution in [0.4, 0.5) is 5.82 Å². The second kappa shape index (κ2) is 6.70. The molecule has 0 aliphatic carbocycles. The predicted octanol–water partition coefficient (Wildman–Crippen LogP) is 3.00. The van der Waals surface area contributed by atoms with Crippen LogP contribution in [0.1, 0.15) is 35.3 Å². The molecule has 0 saturated heterocycles. The Labute approximate surface area is 119 Å². The molecule has 0 radical (unpaired) electrons. The summed E-state index contributed by atoms with van der Waals surface area (Å²) in [6.07, 6.45) is 2.43. The molecular formula is C16H19N3O. The van der Waals surface area contributed by atoms with Gasteiger partial charge in [-0.1, -0.05) is 37.3 Å². The number of aromatic nitrogens is 1. The lowest BCUT2D eigenvalue weighted by Crippen LogP contribution is -2.28. The highest BCUT2D eigenvalue weighted by Crippen LogP contribution is 2.16. The van der Waals surface area contributed by atoms with Crippen molar-refractivity contribution in [1.29, 1.82) is 0 Å². The quantitative estimate of drug-likeness (QED) is 0.877. The average Bonchev–Trinajstić information content (AvgIpc) is 2.53. The SMILES string of the molecule is CCC(NC(=O)c1ccc(NC)nc1)c1ccccc1. The Kier molecular flexibility index (Phi) is 4.71. The monoisotopic (exact) mass is 269 g/mol. The molecule has 0 bridgehead atoms. The topological polar surface area (TPSA) is 54.0 Å². The fraction of sp³-hybridized carbons (Fsp3) is 0.250. The zero-order valence-electron chi connectivity index (χ0n) is 11.8. The number of benzene rings is 1. The van der Waals surface area contributed by atoms with Crippen molar-refractivity contribution in [3.63, 3.8) is 0 Å². The molecule has 0 aliphatic heterocycles. The number of nitrogens with one attached hydrogen (secondary N) is 2. The first-order valence-electron chi connectivity index (χ1n) is 6.74. The van der Waals surface area contributed by atoms with Gasteiger partial charge in [0.15, 0.2) is 0 Å². The van der Waals surface area contributed by atoms with Crippen LogP contribution in [0.2, 0.25) is 0 Å². The second-order valence-electron chi connectivity index (χ2n) is 4.53. The number of hydrogen-bond acceptors (Lipinski definition) is 3. The van der Waals surface area contributed by atoms with Crippen LogP contribution in [0.5, 0.6) is 0 Å². The van der Waals surface area contributed by atoms with Gasteiger partial charge < -0.3 is 10.6 Å². The summed E-state index contributed by atoms with van der Waals surface area (Å²) in [4.78, 5) is 16.4. The molecule has 1 amide bonds. The number of pyridine rings is 1. The maximum absolute atomic E-state index is 12.2. The highest BCUT2D eigenvalue weighted by atomic mass is 16.1. The summed E-state index contributed by atoms with van der Waals surface area (Å²) in [5.41, 5.74) is 1.68. The van der Waals surface area contributed by atoms with E-state index in [-0.39, 0.29) is 11.9 Å². The highest BCUT2D eigenvalue weighted by Gasteiger charge is 2.13. The summed E-state index contributed by atoms with van der Waals surface area (Å²) >= 11 is 0. The maximum atomic E-state index is 12.2. The maximum Gasteiger partial charge on any atom is 0.253 e. The van der Waals surface area contributed by atoms with Crippen molar-refractivity contribution in [3.05, 3.63) is 59.8 Å². The molecule has 20 heavy (non-hydrogen) atoms. The molecule has 1 unspecified atom stereocenters. The predicted molar refractivity (Wildman–Crippen MR) is 80.7 cm³/mol. The lowest BCUT2D eigenvalue weighted by atomic mass is 10.0. The van der Waals surface area contributed by atoms with Crippen LogP contribution in [0.15, 0.2) is 48.7 Å². The molecule has 2 N–H and O–H groups in total. The minimum Gasteiger partial charge on any atom is -0.373 e. The minimum atomic E-state index is -0.101. The van der Waals surface area contributed by atoms with E-state index < -0.39 is 0 Å². The van der Waals surface area contributed by atoms with Crippen LogP contribution in [0.3, 0.4) is 0 Å². The van der Waals surface area contributed by atoms with Gasteiger partial charge in [-0.2, -0.15) is 0 Å². The number of carbonyl (C=O) groups excluding carboxylic acids is 1. The fourth-order valence-electron chi connectivity index (χ4n) is 2.02. The molecule has 1 aromatic carbocycles. The molecule has 0 saturated carbocycles. The molecule has 1 aromatic heterocycles. The molecule has 4 heteroatoms. The number of anilines is 1. The van der Waals surface area contributed by atoms with Crippen LogP contribution in [0, 0.1) is 0 Å². The van der Waals surface area contributed by atoms with Gasteiger partial charge in [0.25, 0.3) is 5.91 Å². The third kappa shape index (κ3) is 3.35. The number of nitrogens with zero attached hydrogens (tertiary/aromatic N) is 1. The largest absolute Gasteiger partial charge is 0.373 e. The van der Waals surface area contributed by atoms with Gasteiger partial charge in [-0.15, -0.1) is 0 Å². The molecular weight excluding hydrogens is 250 g/mol. The van der Waals surface area contributed by atoms with E-state index in [1.807, 2.05) is 30.3 Å². The summed E-state index contributed by atoms with van der Waals surface area (Å²) in [7, 11) is 1.80.